The number of rotatable bonds is 11. The second-order valence-electron chi connectivity index (χ2n) is 9.99. The molecule has 12 heteroatoms. The third kappa shape index (κ3) is 9.46. The molecule has 0 N–H and O–H groups in total. The van der Waals surface area contributed by atoms with Crippen molar-refractivity contribution in [3.05, 3.63) is 163 Å². The first kappa shape index (κ1) is 35.2. The molecule has 0 radical (unpaired) electrons. The Balaban J connectivity index is 0.000000533. The second-order valence-corrected chi connectivity index (χ2v) is 17.4. The number of alkyl halides is 3. The summed E-state index contributed by atoms with van der Waals surface area (Å²) in [5, 5.41) is 3.43. The van der Waals surface area contributed by atoms with Crippen molar-refractivity contribution in [2.24, 2.45) is 0 Å². The molecule has 240 valence electrons. The molecule has 0 spiro atoms. The third-order valence-electron chi connectivity index (χ3n) is 6.80. The molecule has 0 unspecified atom stereocenters. The lowest BCUT2D eigenvalue weighted by molar-refractivity contribution is -0.0517. The molecule has 0 saturated heterocycles. The van der Waals surface area contributed by atoms with E-state index in [9.17, 15) is 17.7 Å². The smallest absolute Gasteiger partial charge is 0.485 e. The van der Waals surface area contributed by atoms with Gasteiger partial charge in [-0.1, -0.05) is 115 Å². The van der Waals surface area contributed by atoms with Crippen LogP contribution in [-0.4, -0.2) is 24.4 Å². The fourth-order valence-corrected chi connectivity index (χ4v) is 13.0. The van der Waals surface area contributed by atoms with E-state index in [0.717, 1.165) is 27.0 Å². The largest absolute Gasteiger partial charge is 0.741 e. The monoisotopic (exact) mass is 686 g/mol. The van der Waals surface area contributed by atoms with Crippen molar-refractivity contribution in [2.45, 2.75) is 18.7 Å². The van der Waals surface area contributed by atoms with Gasteiger partial charge >= 0.3 is 13.1 Å². The normalized spacial score (nSPS) is 12.2. The molecule has 0 aliphatic heterocycles. The Morgan fingerprint density at radius 3 is 1.09 bits per heavy atom. The lowest BCUT2D eigenvalue weighted by Gasteiger charge is -2.30. The Morgan fingerprint density at radius 1 is 0.565 bits per heavy atom. The molecule has 0 aliphatic rings. The van der Waals surface area contributed by atoms with Gasteiger partial charge in [0, 0.05) is 0 Å². The Bertz CT molecular complexity index is 1650. The van der Waals surface area contributed by atoms with E-state index in [1.165, 1.54) is 0 Å². The summed E-state index contributed by atoms with van der Waals surface area (Å²) >= 11 is 0. The highest BCUT2D eigenvalue weighted by atomic mass is 32.2. The summed E-state index contributed by atoms with van der Waals surface area (Å²) in [7, 11) is -12.1. The van der Waals surface area contributed by atoms with Crippen LogP contribution in [0.2, 0.25) is 0 Å². The minimum absolute atomic E-state index is 0.214. The van der Waals surface area contributed by atoms with Crippen molar-refractivity contribution in [1.29, 1.82) is 0 Å². The quantitative estimate of drug-likeness (QED) is 0.0807. The van der Waals surface area contributed by atoms with Crippen molar-refractivity contribution in [2.75, 3.05) is 5.90 Å². The molecule has 5 aromatic carbocycles. The maximum atomic E-state index is 14.9. The maximum absolute atomic E-state index is 14.9. The van der Waals surface area contributed by atoms with Gasteiger partial charge in [0.1, 0.15) is 23.2 Å². The average Bonchev–Trinajstić information content (AvgIpc) is 3.07. The van der Waals surface area contributed by atoms with Crippen LogP contribution in [0.4, 0.5) is 13.2 Å². The Kier molecular flexibility index (Phi) is 12.1. The van der Waals surface area contributed by atoms with Crippen LogP contribution in [0.15, 0.2) is 152 Å². The van der Waals surface area contributed by atoms with Crippen LogP contribution >= 0.6 is 14.9 Å². The van der Waals surface area contributed by atoms with Gasteiger partial charge in [-0.3, -0.25) is 4.57 Å². The molecule has 0 aromatic heterocycles. The maximum Gasteiger partial charge on any atom is 0.485 e. The number of hydrogen-bond acceptors (Lipinski definition) is 6. The molecule has 46 heavy (non-hydrogen) atoms. The highest BCUT2D eigenvalue weighted by Gasteiger charge is 2.52. The van der Waals surface area contributed by atoms with E-state index in [0.29, 0.717) is 0 Å². The van der Waals surface area contributed by atoms with E-state index in [1.54, 1.807) is 0 Å². The van der Waals surface area contributed by atoms with Crippen LogP contribution in [0.3, 0.4) is 0 Å². The van der Waals surface area contributed by atoms with E-state index >= 15 is 0 Å². The predicted octanol–water partition coefficient (Wildman–Crippen LogP) is 7.62. The minimum atomic E-state index is -6.09. The standard InChI is InChI=1S/C33H31O3P2.CHF3O3S/c34-38(35-26-29-16-6-1-7-17-29,36-27-30-18-8-2-9-19-30)28-37(31-20-10-3-11-21-31,32-22-12-4-13-23-32)33-24-14-5-15-25-33;2-1(3,4)8(5,6)7/h1-25H,26-28H2;(H,5,6,7)/q+1;/p-1. The first-order chi connectivity index (χ1) is 21.9. The molecule has 0 aliphatic carbocycles. The highest BCUT2D eigenvalue weighted by Crippen LogP contribution is 2.68. The first-order valence-corrected chi connectivity index (χ1v) is 19.1. The number of hydrogen-bond donors (Lipinski definition) is 0. The summed E-state index contributed by atoms with van der Waals surface area (Å²) in [5.74, 6) is 0.262. The predicted molar refractivity (Wildman–Crippen MR) is 176 cm³/mol. The molecule has 5 aromatic rings. The molecule has 0 bridgehead atoms. The molecule has 0 atom stereocenters. The fraction of sp³-hybridized carbons (Fsp3) is 0.118. The van der Waals surface area contributed by atoms with Gasteiger partial charge in [0.05, 0.1) is 13.2 Å². The van der Waals surface area contributed by atoms with Gasteiger partial charge in [0.2, 0.25) is 0 Å². The molecule has 0 amide bonds. The zero-order valence-electron chi connectivity index (χ0n) is 24.4. The SMILES string of the molecule is O=P(C[P+](c1ccccc1)(c1ccccc1)c1ccccc1)(OCc1ccccc1)OCc1ccccc1.O=S(=O)([O-])C(F)(F)F. The molecule has 5 rings (SSSR count). The van der Waals surface area contributed by atoms with E-state index in [4.69, 9.17) is 22.0 Å². The fourth-order valence-electron chi connectivity index (χ4n) is 4.61. The zero-order chi connectivity index (χ0) is 33.1. The molecule has 0 saturated carbocycles. The van der Waals surface area contributed by atoms with Gasteiger partial charge < -0.3 is 13.6 Å². The van der Waals surface area contributed by atoms with E-state index in [-0.39, 0.29) is 19.1 Å². The summed E-state index contributed by atoms with van der Waals surface area (Å²) in [5.41, 5.74) is -3.73. The van der Waals surface area contributed by atoms with Crippen LogP contribution in [0.5, 0.6) is 0 Å². The van der Waals surface area contributed by atoms with Crippen molar-refractivity contribution in [3.8, 4) is 0 Å². The Hall–Kier alpha value is -3.62. The van der Waals surface area contributed by atoms with Crippen LogP contribution in [0, 0.1) is 0 Å². The topological polar surface area (TPSA) is 92.7 Å². The molecule has 6 nitrogen and oxygen atoms in total. The van der Waals surface area contributed by atoms with Gasteiger partial charge in [-0.2, -0.15) is 13.2 Å². The Labute approximate surface area is 267 Å². The van der Waals surface area contributed by atoms with Gasteiger partial charge in [0.15, 0.2) is 16.0 Å². The molecule has 0 fully saturated rings. The van der Waals surface area contributed by atoms with Gasteiger partial charge in [-0.05, 0) is 47.5 Å². The summed E-state index contributed by atoms with van der Waals surface area (Å²) in [6, 6.07) is 50.9. The average molecular weight is 687 g/mol. The lowest BCUT2D eigenvalue weighted by Crippen LogP contribution is -2.33. The van der Waals surface area contributed by atoms with Crippen molar-refractivity contribution < 1.29 is 39.8 Å². The van der Waals surface area contributed by atoms with Gasteiger partial charge in [-0.15, -0.1) is 0 Å². The lowest BCUT2D eigenvalue weighted by atomic mass is 10.2. The molecule has 0 heterocycles. The van der Waals surface area contributed by atoms with Crippen LogP contribution in [0.25, 0.3) is 0 Å². The van der Waals surface area contributed by atoms with Crippen LogP contribution in [0.1, 0.15) is 11.1 Å². The zero-order valence-corrected chi connectivity index (χ0v) is 27.0. The third-order valence-corrected chi connectivity index (χ3v) is 15.0. The van der Waals surface area contributed by atoms with Gasteiger partial charge in [-0.25, -0.2) is 8.42 Å². The number of halogens is 3. The Morgan fingerprint density at radius 2 is 0.826 bits per heavy atom. The summed E-state index contributed by atoms with van der Waals surface area (Å²) in [4.78, 5) is 0. The number of benzene rings is 5. The summed E-state index contributed by atoms with van der Waals surface area (Å²) in [6.07, 6.45) is 0. The second kappa shape index (κ2) is 15.8. The van der Waals surface area contributed by atoms with E-state index in [1.807, 2.05) is 78.9 Å². The van der Waals surface area contributed by atoms with Crippen molar-refractivity contribution in [3.63, 3.8) is 0 Å². The minimum Gasteiger partial charge on any atom is -0.741 e. The molecular weight excluding hydrogens is 655 g/mol. The van der Waals surface area contributed by atoms with Crippen LogP contribution < -0.4 is 15.9 Å². The van der Waals surface area contributed by atoms with E-state index in [2.05, 4.69) is 72.8 Å². The highest BCUT2D eigenvalue weighted by molar-refractivity contribution is 8.00. The van der Waals surface area contributed by atoms with Crippen molar-refractivity contribution >= 4 is 40.9 Å². The van der Waals surface area contributed by atoms with Gasteiger partial charge in [0.25, 0.3) is 0 Å². The summed E-state index contributed by atoms with van der Waals surface area (Å²) in [6.45, 7) is 0.427. The molecular formula is C34H31F3O6P2S. The van der Waals surface area contributed by atoms with Crippen molar-refractivity contribution in [1.82, 2.24) is 0 Å². The summed E-state index contributed by atoms with van der Waals surface area (Å²) < 4.78 is 86.4. The van der Waals surface area contributed by atoms with E-state index < -0.39 is 30.5 Å². The first-order valence-electron chi connectivity index (χ1n) is 14.0. The van der Waals surface area contributed by atoms with Crippen LogP contribution in [-0.2, 0) is 36.9 Å².